The zero-order valence-corrected chi connectivity index (χ0v) is 4.35. The Labute approximate surface area is 43.3 Å². The van der Waals surface area contributed by atoms with Crippen molar-refractivity contribution in [3.05, 3.63) is 24.3 Å². The molecule has 0 bridgehead atoms. The van der Waals surface area contributed by atoms with Crippen LogP contribution in [-0.2, 0) is 4.79 Å². The molecule has 38 valence electrons. The predicted molar refractivity (Wildman–Crippen MR) is 30.0 cm³/mol. The fraction of sp³-hybridized carbons (Fsp3) is 0.167. The molecule has 0 amide bonds. The second-order valence-corrected chi connectivity index (χ2v) is 1.25. The largest absolute Gasteiger partial charge is 0.299 e. The Morgan fingerprint density at radius 1 is 1.71 bits per heavy atom. The molecule has 7 heavy (non-hydrogen) atoms. The van der Waals surface area contributed by atoms with Gasteiger partial charge in [-0.15, -0.1) is 0 Å². The molecule has 0 aromatic carbocycles. The lowest BCUT2D eigenvalue weighted by atomic mass is 10.3. The molecule has 0 aliphatic rings. The Bertz CT molecular complexity index is 101. The highest BCUT2D eigenvalue weighted by Gasteiger charge is 1.71. The summed E-state index contributed by atoms with van der Waals surface area (Å²) in [7, 11) is 0. The summed E-state index contributed by atoms with van der Waals surface area (Å²) >= 11 is 0. The minimum absolute atomic E-state index is 0.747. The van der Waals surface area contributed by atoms with E-state index in [0.29, 0.717) is 0 Å². The number of carbonyl (C=O) groups is 1. The fourth-order valence-corrected chi connectivity index (χ4v) is 0.175. The minimum atomic E-state index is 0.747. The molecule has 0 aliphatic carbocycles. The molecule has 0 spiro atoms. The summed E-state index contributed by atoms with van der Waals surface area (Å²) in [5.41, 5.74) is 0.898. The van der Waals surface area contributed by atoms with Crippen LogP contribution < -0.4 is 0 Å². The summed E-state index contributed by atoms with van der Waals surface area (Å²) in [6.45, 7) is 5.27. The molecule has 0 heterocycles. The molecule has 1 heteroatoms. The third-order valence-electron chi connectivity index (χ3n) is 0.653. The van der Waals surface area contributed by atoms with Crippen molar-refractivity contribution < 1.29 is 4.79 Å². The summed E-state index contributed by atoms with van der Waals surface area (Å²) in [4.78, 5) is 9.65. The summed E-state index contributed by atoms with van der Waals surface area (Å²) in [6.07, 6.45) is 3.85. The van der Waals surface area contributed by atoms with Crippen LogP contribution in [-0.4, -0.2) is 6.29 Å². The van der Waals surface area contributed by atoms with Crippen LogP contribution in [0.4, 0.5) is 0 Å². The Morgan fingerprint density at radius 3 is 2.43 bits per heavy atom. The summed E-state index contributed by atoms with van der Waals surface area (Å²) in [5.74, 6) is 0. The van der Waals surface area contributed by atoms with Gasteiger partial charge in [0, 0.05) is 0 Å². The first kappa shape index (κ1) is 6.15. The molecule has 0 radical (unpaired) electrons. The first-order chi connectivity index (χ1) is 3.31. The molecular formula is C6H8O. The van der Waals surface area contributed by atoms with Gasteiger partial charge < -0.3 is 0 Å². The van der Waals surface area contributed by atoms with Gasteiger partial charge in [-0.1, -0.05) is 12.7 Å². The van der Waals surface area contributed by atoms with Crippen molar-refractivity contribution >= 4 is 6.29 Å². The van der Waals surface area contributed by atoms with Crippen molar-refractivity contribution in [3.8, 4) is 0 Å². The van der Waals surface area contributed by atoms with Gasteiger partial charge in [-0.3, -0.25) is 4.79 Å². The van der Waals surface area contributed by atoms with Crippen molar-refractivity contribution in [1.82, 2.24) is 0 Å². The van der Waals surface area contributed by atoms with E-state index in [1.807, 2.05) is 6.92 Å². The standard InChI is InChI=1S/C6H8O/c1-3-6(2)4-5-7/h3-5H,1H2,2H3/b6-4+. The normalized spacial score (nSPS) is 10.7. The third kappa shape index (κ3) is 2.97. The first-order valence-electron chi connectivity index (χ1n) is 2.05. The first-order valence-corrected chi connectivity index (χ1v) is 2.05. The van der Waals surface area contributed by atoms with Crippen molar-refractivity contribution in [2.45, 2.75) is 6.92 Å². The van der Waals surface area contributed by atoms with Crippen molar-refractivity contribution in [2.24, 2.45) is 0 Å². The van der Waals surface area contributed by atoms with Gasteiger partial charge in [0.15, 0.2) is 0 Å². The minimum Gasteiger partial charge on any atom is -0.299 e. The van der Waals surface area contributed by atoms with Crippen LogP contribution >= 0.6 is 0 Å². The van der Waals surface area contributed by atoms with Crippen LogP contribution in [0, 0.1) is 0 Å². The monoisotopic (exact) mass is 96.1 g/mol. The Kier molecular flexibility index (Phi) is 2.94. The van der Waals surface area contributed by atoms with Crippen LogP contribution in [0.3, 0.4) is 0 Å². The molecular weight excluding hydrogens is 88.1 g/mol. The van der Waals surface area contributed by atoms with Gasteiger partial charge in [-0.2, -0.15) is 0 Å². The molecule has 0 fully saturated rings. The molecule has 1 nitrogen and oxygen atoms in total. The highest BCUT2D eigenvalue weighted by atomic mass is 16.1. The number of carbonyl (C=O) groups excluding carboxylic acids is 1. The van der Waals surface area contributed by atoms with Gasteiger partial charge in [-0.25, -0.2) is 0 Å². The Morgan fingerprint density at radius 2 is 2.29 bits per heavy atom. The molecule has 0 aromatic rings. The highest BCUT2D eigenvalue weighted by molar-refractivity contribution is 5.66. The topological polar surface area (TPSA) is 17.1 Å². The Balaban J connectivity index is 3.72. The van der Waals surface area contributed by atoms with Crippen molar-refractivity contribution in [1.29, 1.82) is 0 Å². The van der Waals surface area contributed by atoms with E-state index in [1.54, 1.807) is 6.08 Å². The van der Waals surface area contributed by atoms with E-state index in [2.05, 4.69) is 6.58 Å². The van der Waals surface area contributed by atoms with E-state index < -0.39 is 0 Å². The van der Waals surface area contributed by atoms with Gasteiger partial charge in [0.25, 0.3) is 0 Å². The summed E-state index contributed by atoms with van der Waals surface area (Å²) in [6, 6.07) is 0. The van der Waals surface area contributed by atoms with E-state index in [1.165, 1.54) is 6.08 Å². The van der Waals surface area contributed by atoms with Gasteiger partial charge in [0.05, 0.1) is 0 Å². The summed E-state index contributed by atoms with van der Waals surface area (Å²) < 4.78 is 0. The fourth-order valence-electron chi connectivity index (χ4n) is 0.175. The maximum atomic E-state index is 9.65. The molecule has 0 N–H and O–H groups in total. The van der Waals surface area contributed by atoms with E-state index in [0.717, 1.165) is 11.9 Å². The third-order valence-corrected chi connectivity index (χ3v) is 0.653. The molecule has 0 rings (SSSR count). The van der Waals surface area contributed by atoms with Crippen LogP contribution in [0.1, 0.15) is 6.92 Å². The van der Waals surface area contributed by atoms with Crippen molar-refractivity contribution in [2.75, 3.05) is 0 Å². The zero-order valence-electron chi connectivity index (χ0n) is 4.35. The van der Waals surface area contributed by atoms with Crippen molar-refractivity contribution in [3.63, 3.8) is 0 Å². The average Bonchev–Trinajstić information content (AvgIpc) is 1.68. The van der Waals surface area contributed by atoms with E-state index in [4.69, 9.17) is 0 Å². The molecule has 0 atom stereocenters. The van der Waals surface area contributed by atoms with Gasteiger partial charge >= 0.3 is 0 Å². The van der Waals surface area contributed by atoms with E-state index in [-0.39, 0.29) is 0 Å². The quantitative estimate of drug-likeness (QED) is 0.288. The van der Waals surface area contributed by atoms with E-state index >= 15 is 0 Å². The molecule has 0 aromatic heterocycles. The van der Waals surface area contributed by atoms with E-state index in [9.17, 15) is 4.79 Å². The molecule has 0 saturated carbocycles. The van der Waals surface area contributed by atoms with Gasteiger partial charge in [0.1, 0.15) is 6.29 Å². The lowest BCUT2D eigenvalue weighted by Gasteiger charge is -1.78. The average molecular weight is 96.1 g/mol. The molecule has 0 unspecified atom stereocenters. The van der Waals surface area contributed by atoms with Gasteiger partial charge in [-0.05, 0) is 18.6 Å². The Hall–Kier alpha value is -0.850. The zero-order chi connectivity index (χ0) is 5.70. The number of rotatable bonds is 2. The second kappa shape index (κ2) is 3.34. The SMILES string of the molecule is C=C/C(C)=C/C=O. The summed E-state index contributed by atoms with van der Waals surface area (Å²) in [5, 5.41) is 0. The number of aldehydes is 1. The molecule has 0 saturated heterocycles. The lowest BCUT2D eigenvalue weighted by molar-refractivity contribution is -0.104. The van der Waals surface area contributed by atoms with Crippen LogP contribution in [0.25, 0.3) is 0 Å². The lowest BCUT2D eigenvalue weighted by Crippen LogP contribution is -1.65. The van der Waals surface area contributed by atoms with Crippen LogP contribution in [0.2, 0.25) is 0 Å². The predicted octanol–water partition coefficient (Wildman–Crippen LogP) is 1.32. The molecule has 0 aliphatic heterocycles. The van der Waals surface area contributed by atoms with Crippen LogP contribution in [0.15, 0.2) is 24.3 Å². The number of hydrogen-bond donors (Lipinski definition) is 0. The smallest absolute Gasteiger partial charge is 0.143 e. The highest BCUT2D eigenvalue weighted by Crippen LogP contribution is 1.87. The maximum absolute atomic E-state index is 9.65. The second-order valence-electron chi connectivity index (χ2n) is 1.25. The van der Waals surface area contributed by atoms with Gasteiger partial charge in [0.2, 0.25) is 0 Å². The van der Waals surface area contributed by atoms with Crippen LogP contribution in [0.5, 0.6) is 0 Å². The maximum Gasteiger partial charge on any atom is 0.143 e. The number of hydrogen-bond acceptors (Lipinski definition) is 1. The number of allylic oxidation sites excluding steroid dienone is 3.